The summed E-state index contributed by atoms with van der Waals surface area (Å²) in [4.78, 5) is 16.9. The number of amides is 1. The third kappa shape index (κ3) is 2.09. The normalized spacial score (nSPS) is 27.6. The number of nitriles is 1. The van der Waals surface area contributed by atoms with Crippen molar-refractivity contribution >= 4 is 11.6 Å². The molecule has 2 aromatic rings. The van der Waals surface area contributed by atoms with Gasteiger partial charge in [-0.2, -0.15) is 5.26 Å². The molecule has 4 heteroatoms. The van der Waals surface area contributed by atoms with Crippen molar-refractivity contribution in [2.24, 2.45) is 0 Å². The number of para-hydroxylation sites is 1. The summed E-state index contributed by atoms with van der Waals surface area (Å²) in [5, 5.41) is 9.89. The molecule has 0 aromatic heterocycles. The highest BCUT2D eigenvalue weighted by Crippen LogP contribution is 2.53. The molecule has 25 heavy (non-hydrogen) atoms. The Balaban J connectivity index is 1.78. The molecule has 2 aliphatic heterocycles. The summed E-state index contributed by atoms with van der Waals surface area (Å²) in [5.41, 5.74) is 2.84. The highest BCUT2D eigenvalue weighted by atomic mass is 16.2. The average Bonchev–Trinajstić information content (AvgIpc) is 3.02. The van der Waals surface area contributed by atoms with Crippen LogP contribution in [0.15, 0.2) is 54.6 Å². The number of benzene rings is 2. The third-order valence-corrected chi connectivity index (χ3v) is 5.96. The number of hydrogen-bond acceptors (Lipinski definition) is 3. The Labute approximate surface area is 148 Å². The third-order valence-electron chi connectivity index (χ3n) is 5.96. The molecule has 1 spiro atoms. The fourth-order valence-corrected chi connectivity index (χ4v) is 4.65. The fraction of sp³-hybridized carbons (Fsp3) is 0.333. The molecule has 4 nitrogen and oxygen atoms in total. The molecule has 1 fully saturated rings. The highest BCUT2D eigenvalue weighted by Gasteiger charge is 2.60. The van der Waals surface area contributed by atoms with Gasteiger partial charge in [0.25, 0.3) is 0 Å². The van der Waals surface area contributed by atoms with Crippen molar-refractivity contribution in [3.8, 4) is 6.07 Å². The maximum absolute atomic E-state index is 12.9. The number of rotatable bonds is 2. The van der Waals surface area contributed by atoms with Gasteiger partial charge in [-0.25, -0.2) is 0 Å². The molecule has 2 aliphatic rings. The smallest absolute Gasteiger partial charge is 0.224 e. The van der Waals surface area contributed by atoms with Crippen molar-refractivity contribution in [2.45, 2.75) is 37.4 Å². The minimum absolute atomic E-state index is 0.0315. The summed E-state index contributed by atoms with van der Waals surface area (Å²) in [6.07, 6.45) is 0.389. The van der Waals surface area contributed by atoms with E-state index in [0.717, 1.165) is 16.8 Å². The van der Waals surface area contributed by atoms with E-state index in [0.29, 0.717) is 13.0 Å². The number of anilines is 1. The van der Waals surface area contributed by atoms with Crippen LogP contribution in [0.3, 0.4) is 0 Å². The first-order chi connectivity index (χ1) is 12.1. The SMILES string of the molecule is CC1N(Cc2ccccc2)C(=O)CC12c1ccccc1N(C)C2C#N. The van der Waals surface area contributed by atoms with Gasteiger partial charge in [-0.15, -0.1) is 0 Å². The van der Waals surface area contributed by atoms with Gasteiger partial charge in [0.1, 0.15) is 6.04 Å². The number of likely N-dealkylation sites (tertiary alicyclic amines) is 1. The number of hydrogen-bond donors (Lipinski definition) is 0. The maximum Gasteiger partial charge on any atom is 0.224 e. The van der Waals surface area contributed by atoms with Gasteiger partial charge in [0, 0.05) is 31.7 Å². The van der Waals surface area contributed by atoms with E-state index in [9.17, 15) is 10.1 Å². The van der Waals surface area contributed by atoms with E-state index in [1.165, 1.54) is 0 Å². The Morgan fingerprint density at radius 2 is 1.84 bits per heavy atom. The van der Waals surface area contributed by atoms with Crippen LogP contribution in [0.1, 0.15) is 24.5 Å². The first-order valence-corrected chi connectivity index (χ1v) is 8.65. The first kappa shape index (κ1) is 15.7. The lowest BCUT2D eigenvalue weighted by molar-refractivity contribution is -0.129. The number of nitrogens with zero attached hydrogens (tertiary/aromatic N) is 3. The summed E-state index contributed by atoms with van der Waals surface area (Å²) in [6.45, 7) is 2.68. The summed E-state index contributed by atoms with van der Waals surface area (Å²) in [7, 11) is 1.96. The molecule has 3 unspecified atom stereocenters. The minimum atomic E-state index is -0.466. The van der Waals surface area contributed by atoms with Crippen LogP contribution < -0.4 is 4.90 Å². The predicted octanol–water partition coefficient (Wildman–Crippen LogP) is 3.09. The second-order valence-electron chi connectivity index (χ2n) is 7.06. The second kappa shape index (κ2) is 5.63. The van der Waals surface area contributed by atoms with Crippen molar-refractivity contribution in [3.63, 3.8) is 0 Å². The molecule has 0 radical (unpaired) electrons. The average molecular weight is 331 g/mol. The quantitative estimate of drug-likeness (QED) is 0.849. The number of likely N-dealkylation sites (N-methyl/N-ethyl adjacent to an activating group) is 1. The molecule has 0 aliphatic carbocycles. The van der Waals surface area contributed by atoms with E-state index in [1.54, 1.807) is 0 Å². The highest BCUT2D eigenvalue weighted by molar-refractivity contribution is 5.85. The van der Waals surface area contributed by atoms with Gasteiger partial charge in [0.05, 0.1) is 11.5 Å². The Bertz CT molecular complexity index is 857. The molecular weight excluding hydrogens is 310 g/mol. The maximum atomic E-state index is 12.9. The van der Waals surface area contributed by atoms with E-state index >= 15 is 0 Å². The van der Waals surface area contributed by atoms with E-state index in [-0.39, 0.29) is 18.0 Å². The van der Waals surface area contributed by atoms with Crippen LogP contribution in [0, 0.1) is 11.3 Å². The Hall–Kier alpha value is -2.80. The van der Waals surface area contributed by atoms with Crippen molar-refractivity contribution < 1.29 is 4.79 Å². The summed E-state index contributed by atoms with van der Waals surface area (Å²) < 4.78 is 0. The van der Waals surface area contributed by atoms with E-state index in [2.05, 4.69) is 19.1 Å². The summed E-state index contributed by atoms with van der Waals surface area (Å²) in [6, 6.07) is 20.3. The topological polar surface area (TPSA) is 47.3 Å². The lowest BCUT2D eigenvalue weighted by Crippen LogP contribution is -2.49. The van der Waals surface area contributed by atoms with Crippen LogP contribution in [0.2, 0.25) is 0 Å². The monoisotopic (exact) mass is 331 g/mol. The van der Waals surface area contributed by atoms with Crippen LogP contribution in [0.5, 0.6) is 0 Å². The van der Waals surface area contributed by atoms with Gasteiger partial charge in [-0.05, 0) is 24.1 Å². The molecule has 126 valence electrons. The van der Waals surface area contributed by atoms with Crippen molar-refractivity contribution in [1.29, 1.82) is 5.26 Å². The van der Waals surface area contributed by atoms with Gasteiger partial charge < -0.3 is 9.80 Å². The molecule has 2 heterocycles. The van der Waals surface area contributed by atoms with Crippen molar-refractivity contribution in [1.82, 2.24) is 4.90 Å². The minimum Gasteiger partial charge on any atom is -0.358 e. The fourth-order valence-electron chi connectivity index (χ4n) is 4.65. The Kier molecular flexibility index (Phi) is 3.54. The Morgan fingerprint density at radius 3 is 2.56 bits per heavy atom. The number of carbonyl (C=O) groups excluding carboxylic acids is 1. The van der Waals surface area contributed by atoms with Crippen LogP contribution in [0.4, 0.5) is 5.69 Å². The van der Waals surface area contributed by atoms with Crippen LogP contribution in [0.25, 0.3) is 0 Å². The molecule has 0 N–H and O–H groups in total. The first-order valence-electron chi connectivity index (χ1n) is 8.65. The zero-order valence-corrected chi connectivity index (χ0v) is 14.5. The van der Waals surface area contributed by atoms with Crippen LogP contribution in [-0.2, 0) is 16.8 Å². The zero-order chi connectivity index (χ0) is 17.6. The standard InChI is InChI=1S/C21H21N3O/c1-15-21(12-20(25)24(15)14-16-8-4-3-5-9-16)17-10-6-7-11-18(17)23(2)19(21)13-22/h3-11,15,19H,12,14H2,1-2H3. The van der Waals surface area contributed by atoms with Gasteiger partial charge in [0.15, 0.2) is 0 Å². The lowest BCUT2D eigenvalue weighted by Gasteiger charge is -2.36. The number of fused-ring (bicyclic) bond motifs is 2. The van der Waals surface area contributed by atoms with Crippen LogP contribution in [-0.4, -0.2) is 29.9 Å². The van der Waals surface area contributed by atoms with E-state index < -0.39 is 5.41 Å². The summed E-state index contributed by atoms with van der Waals surface area (Å²) in [5.74, 6) is 0.127. The largest absolute Gasteiger partial charge is 0.358 e. The van der Waals surface area contributed by atoms with E-state index in [1.807, 2.05) is 65.4 Å². The van der Waals surface area contributed by atoms with Gasteiger partial charge >= 0.3 is 0 Å². The molecule has 2 aromatic carbocycles. The zero-order valence-electron chi connectivity index (χ0n) is 14.5. The molecule has 1 amide bonds. The van der Waals surface area contributed by atoms with E-state index in [4.69, 9.17) is 0 Å². The Morgan fingerprint density at radius 1 is 1.16 bits per heavy atom. The van der Waals surface area contributed by atoms with Gasteiger partial charge in [-0.1, -0.05) is 48.5 Å². The van der Waals surface area contributed by atoms with Gasteiger partial charge in [0.2, 0.25) is 5.91 Å². The number of carbonyl (C=O) groups is 1. The van der Waals surface area contributed by atoms with Crippen molar-refractivity contribution in [3.05, 3.63) is 65.7 Å². The van der Waals surface area contributed by atoms with Crippen molar-refractivity contribution in [2.75, 3.05) is 11.9 Å². The lowest BCUT2D eigenvalue weighted by atomic mass is 9.71. The molecule has 0 bridgehead atoms. The predicted molar refractivity (Wildman–Crippen MR) is 97.0 cm³/mol. The van der Waals surface area contributed by atoms with Gasteiger partial charge in [-0.3, -0.25) is 4.79 Å². The molecule has 4 rings (SSSR count). The van der Waals surface area contributed by atoms with Crippen LogP contribution >= 0.6 is 0 Å². The molecule has 0 saturated carbocycles. The molecule has 3 atom stereocenters. The summed E-state index contributed by atoms with van der Waals surface area (Å²) >= 11 is 0. The molecular formula is C21H21N3O. The second-order valence-corrected chi connectivity index (χ2v) is 7.06. The molecule has 1 saturated heterocycles.